The van der Waals surface area contributed by atoms with E-state index in [1.807, 2.05) is 0 Å². The van der Waals surface area contributed by atoms with E-state index in [1.54, 1.807) is 0 Å². The molecule has 1 heterocycles. The third-order valence-corrected chi connectivity index (χ3v) is 1.98. The molecule has 0 unspecified atom stereocenters. The molecule has 3 N–H and O–H groups in total. The van der Waals surface area contributed by atoms with Gasteiger partial charge in [0.15, 0.2) is 17.3 Å². The van der Waals surface area contributed by atoms with E-state index < -0.39 is 23.4 Å². The Labute approximate surface area is 72.7 Å². The molecule has 0 spiro atoms. The lowest BCUT2D eigenvalue weighted by atomic mass is 10.1. The van der Waals surface area contributed by atoms with Crippen LogP contribution in [0.2, 0.25) is 0 Å². The second-order valence-corrected chi connectivity index (χ2v) is 2.86. The first-order valence-corrected chi connectivity index (χ1v) is 3.70. The lowest BCUT2D eigenvalue weighted by Crippen LogP contribution is -2.10. The van der Waals surface area contributed by atoms with Gasteiger partial charge in [0.2, 0.25) is 5.82 Å². The zero-order chi connectivity index (χ0) is 9.59. The van der Waals surface area contributed by atoms with Gasteiger partial charge in [-0.25, -0.2) is 4.39 Å². The highest BCUT2D eigenvalue weighted by Gasteiger charge is 2.28. The number of ether oxygens (including phenoxy) is 1. The van der Waals surface area contributed by atoms with Crippen LogP contribution in [0.15, 0.2) is 6.07 Å². The number of phenolic OH excluding ortho intramolecular Hbond substituents is 1. The lowest BCUT2D eigenvalue weighted by molar-refractivity contribution is 0.308. The molecule has 0 radical (unpaired) electrons. The van der Waals surface area contributed by atoms with Gasteiger partial charge in [0.25, 0.3) is 0 Å². The highest BCUT2D eigenvalue weighted by molar-refractivity contribution is 5.50. The van der Waals surface area contributed by atoms with Gasteiger partial charge in [-0.15, -0.1) is 0 Å². The fraction of sp³-hybridized carbons (Fsp3) is 0.250. The molecular weight excluding hydrogens is 180 g/mol. The van der Waals surface area contributed by atoms with Crippen LogP contribution < -0.4 is 10.5 Å². The average Bonchev–Trinajstić information content (AvgIpc) is 2.45. The summed E-state index contributed by atoms with van der Waals surface area (Å²) in [6, 6.07) is 0.443. The number of hydrogen-bond donors (Lipinski definition) is 2. The monoisotopic (exact) mass is 187 g/mol. The molecule has 3 nitrogen and oxygen atoms in total. The molecule has 13 heavy (non-hydrogen) atoms. The number of aromatic hydroxyl groups is 1. The maximum Gasteiger partial charge on any atom is 0.204 e. The molecule has 0 bridgehead atoms. The first-order chi connectivity index (χ1) is 6.11. The summed E-state index contributed by atoms with van der Waals surface area (Å²) >= 11 is 0. The number of phenols is 1. The second kappa shape index (κ2) is 2.56. The summed E-state index contributed by atoms with van der Waals surface area (Å²) in [5.41, 5.74) is 5.81. The summed E-state index contributed by atoms with van der Waals surface area (Å²) in [5.74, 6) is -3.26. The maximum absolute atomic E-state index is 12.8. The average molecular weight is 187 g/mol. The van der Waals surface area contributed by atoms with Gasteiger partial charge in [-0.1, -0.05) is 0 Å². The van der Waals surface area contributed by atoms with E-state index in [0.717, 1.165) is 6.07 Å². The van der Waals surface area contributed by atoms with E-state index >= 15 is 0 Å². The molecule has 1 aromatic rings. The van der Waals surface area contributed by atoms with Crippen molar-refractivity contribution in [3.05, 3.63) is 23.3 Å². The lowest BCUT2D eigenvalue weighted by Gasteiger charge is -2.04. The minimum Gasteiger partial charge on any atom is -0.502 e. The topological polar surface area (TPSA) is 55.5 Å². The molecule has 1 aliphatic heterocycles. The van der Waals surface area contributed by atoms with Gasteiger partial charge in [0.05, 0.1) is 6.04 Å². The molecule has 0 saturated carbocycles. The Bertz CT molecular complexity index is 368. The van der Waals surface area contributed by atoms with Crippen molar-refractivity contribution in [1.29, 1.82) is 0 Å². The van der Waals surface area contributed by atoms with Crippen LogP contribution >= 0.6 is 0 Å². The van der Waals surface area contributed by atoms with Gasteiger partial charge in [0.1, 0.15) is 6.61 Å². The van der Waals surface area contributed by atoms with Crippen molar-refractivity contribution in [3.63, 3.8) is 0 Å². The Balaban J connectivity index is 2.67. The number of hydrogen-bond acceptors (Lipinski definition) is 3. The fourth-order valence-corrected chi connectivity index (χ4v) is 1.30. The standard InChI is InChI=1S/C8H7F2NO2/c9-4-1-3-5(11)2-13-8(3)7(12)6(4)10/h1,5,12H,2,11H2/t5-/m0/s1. The first kappa shape index (κ1) is 8.25. The minimum atomic E-state index is -1.30. The Morgan fingerprint density at radius 1 is 1.54 bits per heavy atom. The van der Waals surface area contributed by atoms with Crippen LogP contribution in [-0.2, 0) is 0 Å². The predicted octanol–water partition coefficient (Wildman–Crippen LogP) is 1.06. The van der Waals surface area contributed by atoms with Crippen LogP contribution in [0, 0.1) is 11.6 Å². The molecule has 1 aromatic carbocycles. The van der Waals surface area contributed by atoms with Gasteiger partial charge >= 0.3 is 0 Å². The second-order valence-electron chi connectivity index (χ2n) is 2.86. The van der Waals surface area contributed by atoms with Crippen LogP contribution in [-0.4, -0.2) is 11.7 Å². The van der Waals surface area contributed by atoms with Crippen molar-refractivity contribution in [2.75, 3.05) is 6.61 Å². The van der Waals surface area contributed by atoms with Crippen LogP contribution in [0.25, 0.3) is 0 Å². The quantitative estimate of drug-likeness (QED) is 0.638. The molecule has 2 rings (SSSR count). The van der Waals surface area contributed by atoms with Crippen LogP contribution in [0.3, 0.4) is 0 Å². The number of fused-ring (bicyclic) bond motifs is 1. The molecule has 0 fully saturated rings. The van der Waals surface area contributed by atoms with E-state index in [-0.39, 0.29) is 12.4 Å². The number of rotatable bonds is 0. The fourth-order valence-electron chi connectivity index (χ4n) is 1.30. The summed E-state index contributed by atoms with van der Waals surface area (Å²) in [6.45, 7) is 0.131. The Kier molecular flexibility index (Phi) is 1.63. The van der Waals surface area contributed by atoms with Crippen molar-refractivity contribution >= 4 is 0 Å². The van der Waals surface area contributed by atoms with Crippen molar-refractivity contribution in [3.8, 4) is 11.5 Å². The Morgan fingerprint density at radius 3 is 2.92 bits per heavy atom. The minimum absolute atomic E-state index is 0.0496. The number of nitrogens with two attached hydrogens (primary N) is 1. The molecule has 0 aromatic heterocycles. The Morgan fingerprint density at radius 2 is 2.23 bits per heavy atom. The maximum atomic E-state index is 12.8. The van der Waals surface area contributed by atoms with E-state index in [2.05, 4.69) is 0 Å². The molecular formula is C8H7F2NO2. The SMILES string of the molecule is N[C@H]1COc2c1cc(F)c(F)c2O. The molecule has 1 aliphatic rings. The highest BCUT2D eigenvalue weighted by atomic mass is 19.2. The third kappa shape index (κ3) is 1.04. The smallest absolute Gasteiger partial charge is 0.204 e. The molecule has 1 atom stereocenters. The van der Waals surface area contributed by atoms with E-state index in [0.29, 0.717) is 5.56 Å². The molecule has 0 aliphatic carbocycles. The van der Waals surface area contributed by atoms with Crippen molar-refractivity contribution in [1.82, 2.24) is 0 Å². The van der Waals surface area contributed by atoms with Gasteiger partial charge in [-0.2, -0.15) is 4.39 Å². The number of benzene rings is 1. The van der Waals surface area contributed by atoms with Crippen molar-refractivity contribution in [2.45, 2.75) is 6.04 Å². The molecule has 0 saturated heterocycles. The molecule has 5 heteroatoms. The summed E-state index contributed by atoms with van der Waals surface area (Å²) in [7, 11) is 0. The number of halogens is 2. The van der Waals surface area contributed by atoms with Crippen LogP contribution in [0.4, 0.5) is 8.78 Å². The van der Waals surface area contributed by atoms with Crippen molar-refractivity contribution in [2.24, 2.45) is 5.73 Å². The highest BCUT2D eigenvalue weighted by Crippen LogP contribution is 2.41. The summed E-state index contributed by atoms with van der Waals surface area (Å²) in [4.78, 5) is 0. The molecule has 0 amide bonds. The largest absolute Gasteiger partial charge is 0.502 e. The van der Waals surface area contributed by atoms with Gasteiger partial charge in [-0.05, 0) is 6.07 Å². The predicted molar refractivity (Wildman–Crippen MR) is 40.4 cm³/mol. The van der Waals surface area contributed by atoms with E-state index in [9.17, 15) is 8.78 Å². The van der Waals surface area contributed by atoms with Crippen LogP contribution in [0.5, 0.6) is 11.5 Å². The summed E-state index contributed by atoms with van der Waals surface area (Å²) in [5, 5.41) is 9.12. The first-order valence-electron chi connectivity index (χ1n) is 3.70. The molecule has 70 valence electrons. The van der Waals surface area contributed by atoms with Crippen molar-refractivity contribution < 1.29 is 18.6 Å². The van der Waals surface area contributed by atoms with E-state index in [1.165, 1.54) is 0 Å². The summed E-state index contributed by atoms with van der Waals surface area (Å²) < 4.78 is 30.4. The normalized spacial score (nSPS) is 19.8. The van der Waals surface area contributed by atoms with Gasteiger partial charge < -0.3 is 15.6 Å². The van der Waals surface area contributed by atoms with E-state index in [4.69, 9.17) is 15.6 Å². The van der Waals surface area contributed by atoms with Crippen LogP contribution in [0.1, 0.15) is 11.6 Å². The van der Waals surface area contributed by atoms with Gasteiger partial charge in [-0.3, -0.25) is 0 Å². The Hall–Kier alpha value is -1.36. The summed E-state index contributed by atoms with van der Waals surface area (Å²) in [6.07, 6.45) is 0. The zero-order valence-electron chi connectivity index (χ0n) is 6.55. The van der Waals surface area contributed by atoms with Gasteiger partial charge in [0, 0.05) is 5.56 Å². The zero-order valence-corrected chi connectivity index (χ0v) is 6.55. The third-order valence-electron chi connectivity index (χ3n) is 1.98.